The first-order chi connectivity index (χ1) is 20.2. The minimum absolute atomic E-state index is 0.00255. The summed E-state index contributed by atoms with van der Waals surface area (Å²) in [5, 5.41) is 10.5. The second-order valence-electron chi connectivity index (χ2n) is 10.3. The molecule has 8 nitrogen and oxygen atoms in total. The van der Waals surface area contributed by atoms with E-state index in [1.165, 1.54) is 0 Å². The number of amidine groups is 1. The Morgan fingerprint density at radius 1 is 0.929 bits per heavy atom. The fourth-order valence-corrected chi connectivity index (χ4v) is 6.16. The number of rotatable bonds is 17. The molecule has 0 bridgehead atoms. The molecule has 3 aromatic carbocycles. The number of nitrogens with two attached hydrogens (primary N) is 1. The summed E-state index contributed by atoms with van der Waals surface area (Å²) in [6.07, 6.45) is 4.76. The van der Waals surface area contributed by atoms with Crippen LogP contribution < -0.4 is 15.8 Å². The van der Waals surface area contributed by atoms with Crippen LogP contribution in [0.5, 0.6) is 0 Å². The minimum Gasteiger partial charge on any atom is -0.384 e. The molecule has 0 spiro atoms. The van der Waals surface area contributed by atoms with Gasteiger partial charge in [0.05, 0.1) is 18.3 Å². The number of benzene rings is 3. The zero-order chi connectivity index (χ0) is 30.4. The smallest absolute Gasteiger partial charge is 0.239 e. The van der Waals surface area contributed by atoms with Crippen LogP contribution in [0.15, 0.2) is 96.7 Å². The highest BCUT2D eigenvalue weighted by Gasteiger charge is 2.26. The van der Waals surface area contributed by atoms with Crippen molar-refractivity contribution >= 4 is 21.8 Å². The lowest BCUT2D eigenvalue weighted by Crippen LogP contribution is -2.45. The highest BCUT2D eigenvalue weighted by Crippen LogP contribution is 2.19. The molecule has 5 N–H and O–H groups in total. The molecule has 0 aliphatic carbocycles. The summed E-state index contributed by atoms with van der Waals surface area (Å²) in [6.45, 7) is 5.11. The van der Waals surface area contributed by atoms with Crippen LogP contribution >= 0.6 is 0 Å². The van der Waals surface area contributed by atoms with E-state index in [9.17, 15) is 13.2 Å². The van der Waals surface area contributed by atoms with Gasteiger partial charge in [-0.25, -0.2) is 13.1 Å². The largest absolute Gasteiger partial charge is 0.384 e. The molecule has 0 fully saturated rings. The third kappa shape index (κ3) is 10.8. The monoisotopic (exact) mass is 589 g/mol. The number of hydrogen-bond donors (Lipinski definition) is 4. The first-order valence-corrected chi connectivity index (χ1v) is 16.1. The molecule has 0 aliphatic rings. The van der Waals surface area contributed by atoms with Crippen LogP contribution in [0.1, 0.15) is 55.4 Å². The predicted octanol–water partition coefficient (Wildman–Crippen LogP) is 4.71. The van der Waals surface area contributed by atoms with Crippen molar-refractivity contribution in [1.82, 2.24) is 14.9 Å². The van der Waals surface area contributed by atoms with Crippen molar-refractivity contribution in [1.29, 1.82) is 5.41 Å². The number of aryl methyl sites for hydroxylation is 1. The number of carbonyl (C=O) groups is 1. The molecule has 0 aliphatic heterocycles. The molecule has 0 aromatic heterocycles. The van der Waals surface area contributed by atoms with Gasteiger partial charge in [0, 0.05) is 24.4 Å². The summed E-state index contributed by atoms with van der Waals surface area (Å²) in [7, 11) is -3.68. The van der Waals surface area contributed by atoms with Gasteiger partial charge in [-0.15, -0.1) is 0 Å². The normalized spacial score (nSPS) is 12.5. The van der Waals surface area contributed by atoms with Crippen molar-refractivity contribution in [3.05, 3.63) is 119 Å². The van der Waals surface area contributed by atoms with E-state index in [1.807, 2.05) is 97.6 Å². The fourth-order valence-electron chi connectivity index (χ4n) is 4.78. The lowest BCUT2D eigenvalue weighted by atomic mass is 10.0. The van der Waals surface area contributed by atoms with Gasteiger partial charge >= 0.3 is 0 Å². The quantitative estimate of drug-likeness (QED) is 0.134. The lowest BCUT2D eigenvalue weighted by molar-refractivity contribution is -0.122. The number of nitrogens with zero attached hydrogens (tertiary/aromatic N) is 1. The van der Waals surface area contributed by atoms with Crippen LogP contribution in [-0.4, -0.2) is 44.2 Å². The Kier molecular flexibility index (Phi) is 12.8. The maximum atomic E-state index is 13.4. The summed E-state index contributed by atoms with van der Waals surface area (Å²) >= 11 is 0. The van der Waals surface area contributed by atoms with E-state index >= 15 is 0 Å². The van der Waals surface area contributed by atoms with E-state index in [1.54, 1.807) is 12.1 Å². The third-order valence-electron chi connectivity index (χ3n) is 6.80. The average Bonchev–Trinajstić information content (AvgIpc) is 2.98. The summed E-state index contributed by atoms with van der Waals surface area (Å²) in [6, 6.07) is 25.8. The van der Waals surface area contributed by atoms with Crippen molar-refractivity contribution in [3.63, 3.8) is 0 Å². The van der Waals surface area contributed by atoms with Crippen molar-refractivity contribution < 1.29 is 13.2 Å². The van der Waals surface area contributed by atoms with Gasteiger partial charge in [0.15, 0.2) is 0 Å². The average molecular weight is 590 g/mol. The van der Waals surface area contributed by atoms with Crippen LogP contribution in [0.3, 0.4) is 0 Å². The zero-order valence-corrected chi connectivity index (χ0v) is 25.4. The number of amides is 1. The van der Waals surface area contributed by atoms with E-state index in [2.05, 4.69) is 10.0 Å². The topological polar surface area (TPSA) is 128 Å². The van der Waals surface area contributed by atoms with Gasteiger partial charge in [0.25, 0.3) is 0 Å². The number of sulfonamides is 1. The molecule has 3 rings (SSSR count). The van der Waals surface area contributed by atoms with Crippen LogP contribution in [-0.2, 0) is 33.5 Å². The lowest BCUT2D eigenvalue weighted by Gasteiger charge is -2.33. The third-order valence-corrected chi connectivity index (χ3v) is 8.16. The van der Waals surface area contributed by atoms with E-state index in [4.69, 9.17) is 11.1 Å². The van der Waals surface area contributed by atoms with Gasteiger partial charge in [-0.05, 0) is 42.4 Å². The molecule has 1 atom stereocenters. The maximum absolute atomic E-state index is 13.4. The Bertz CT molecular complexity index is 1410. The van der Waals surface area contributed by atoms with Crippen molar-refractivity contribution in [2.24, 2.45) is 5.73 Å². The highest BCUT2D eigenvalue weighted by atomic mass is 32.2. The molecule has 0 heterocycles. The molecular weight excluding hydrogens is 546 g/mol. The Morgan fingerprint density at radius 2 is 1.55 bits per heavy atom. The Hall–Kier alpha value is -3.95. The molecule has 42 heavy (non-hydrogen) atoms. The second-order valence-corrected chi connectivity index (χ2v) is 12.0. The number of nitrogen functional groups attached to an aromatic ring is 1. The van der Waals surface area contributed by atoms with E-state index in [0.29, 0.717) is 43.5 Å². The second kappa shape index (κ2) is 16.5. The Labute approximate surface area is 250 Å². The molecule has 0 unspecified atom stereocenters. The zero-order valence-electron chi connectivity index (χ0n) is 24.6. The fraction of sp³-hybridized carbons (Fsp3) is 0.333. The molecule has 1 amide bonds. The van der Waals surface area contributed by atoms with Gasteiger partial charge in [0.1, 0.15) is 5.84 Å². The highest BCUT2D eigenvalue weighted by molar-refractivity contribution is 7.88. The van der Waals surface area contributed by atoms with E-state index in [-0.39, 0.29) is 24.0 Å². The van der Waals surface area contributed by atoms with Crippen molar-refractivity contribution in [3.8, 4) is 0 Å². The summed E-state index contributed by atoms with van der Waals surface area (Å²) < 4.78 is 29.8. The standard InChI is InChI=1S/C33H43N5O3S/c1-3-11-31(38(22-4-2)24-32(39)36-23-27-16-19-29(20-17-27)33(34)35)30(21-18-26-12-7-5-8-13-26)37-42(40,41)25-28-14-9-6-10-15-28/h5-17,19-20,30,37H,3-4,18,21-25H2,1-2H3,(H3,34,35)(H,36,39)/b31-11+/t30-/m1/s1. The Morgan fingerprint density at radius 3 is 2.12 bits per heavy atom. The molecule has 9 heteroatoms. The van der Waals surface area contributed by atoms with Crippen LogP contribution in [0.25, 0.3) is 0 Å². The van der Waals surface area contributed by atoms with E-state index in [0.717, 1.165) is 23.2 Å². The molecular formula is C33H43N5O3S. The molecule has 0 radical (unpaired) electrons. The molecule has 0 saturated heterocycles. The van der Waals surface area contributed by atoms with Gasteiger partial charge < -0.3 is 16.0 Å². The maximum Gasteiger partial charge on any atom is 0.239 e. The summed E-state index contributed by atoms with van der Waals surface area (Å²) in [4.78, 5) is 15.1. The first kappa shape index (κ1) is 32.6. The van der Waals surface area contributed by atoms with Crippen molar-refractivity contribution in [2.45, 2.75) is 57.9 Å². The number of allylic oxidation sites excluding steroid dienone is 1. The SMILES string of the molecule is CC/C=C(\[C@@H](CCc1ccccc1)NS(=O)(=O)Cc1ccccc1)N(CCC)CC(=O)NCc1ccc(C(=N)N)cc1. The number of nitrogens with one attached hydrogen (secondary N) is 3. The van der Waals surface area contributed by atoms with Crippen LogP contribution in [0.4, 0.5) is 0 Å². The summed E-state index contributed by atoms with van der Waals surface area (Å²) in [5.41, 5.74) is 9.72. The first-order valence-electron chi connectivity index (χ1n) is 14.4. The molecule has 0 saturated carbocycles. The molecule has 3 aromatic rings. The van der Waals surface area contributed by atoms with E-state index < -0.39 is 16.1 Å². The minimum atomic E-state index is -3.68. The van der Waals surface area contributed by atoms with Crippen LogP contribution in [0, 0.1) is 5.41 Å². The van der Waals surface area contributed by atoms with Gasteiger partial charge in [-0.2, -0.15) is 0 Å². The number of hydrogen-bond acceptors (Lipinski definition) is 5. The number of carbonyl (C=O) groups excluding carboxylic acids is 1. The molecule has 224 valence electrons. The van der Waals surface area contributed by atoms with Crippen molar-refractivity contribution in [2.75, 3.05) is 13.1 Å². The summed E-state index contributed by atoms with van der Waals surface area (Å²) in [5.74, 6) is -0.279. The van der Waals surface area contributed by atoms with Gasteiger partial charge in [-0.1, -0.05) is 105 Å². The predicted molar refractivity (Wildman–Crippen MR) is 170 cm³/mol. The van der Waals surface area contributed by atoms with Gasteiger partial charge in [-0.3, -0.25) is 10.2 Å². The van der Waals surface area contributed by atoms with Gasteiger partial charge in [0.2, 0.25) is 15.9 Å². The Balaban J connectivity index is 1.80. The van der Waals surface area contributed by atoms with Crippen LogP contribution in [0.2, 0.25) is 0 Å².